The standard InChI is InChI=1S/C23H25N7S2/c1-13-10-15(7-9-29(13)2)30(3)23-28-22-21(32-23)27-20(31-22)18-5-4-16(14-11-25-26-12-14)17-6-8-24-19(17)18/h4-6,8,11-13,15,24H,7,9-10H2,1-3H3,(H,25,26). The van der Waals surface area contributed by atoms with Gasteiger partial charge in [0, 0.05) is 54.6 Å². The minimum absolute atomic E-state index is 0.537. The van der Waals surface area contributed by atoms with Gasteiger partial charge in [-0.2, -0.15) is 5.10 Å². The van der Waals surface area contributed by atoms with E-state index < -0.39 is 0 Å². The first kappa shape index (κ1) is 19.9. The molecule has 1 aromatic carbocycles. The Balaban J connectivity index is 1.32. The van der Waals surface area contributed by atoms with E-state index in [0.717, 1.165) is 48.6 Å². The maximum Gasteiger partial charge on any atom is 0.188 e. The van der Waals surface area contributed by atoms with Crippen LogP contribution in [0, 0.1) is 0 Å². The van der Waals surface area contributed by atoms with Gasteiger partial charge in [0.1, 0.15) is 5.01 Å². The maximum absolute atomic E-state index is 4.98. The van der Waals surface area contributed by atoms with Crippen LogP contribution in [0.5, 0.6) is 0 Å². The van der Waals surface area contributed by atoms with Crippen molar-refractivity contribution in [1.82, 2.24) is 30.0 Å². The van der Waals surface area contributed by atoms with Crippen LogP contribution < -0.4 is 4.90 Å². The van der Waals surface area contributed by atoms with Crippen molar-refractivity contribution in [3.8, 4) is 21.7 Å². The number of likely N-dealkylation sites (tertiary alicyclic amines) is 1. The molecule has 2 atom stereocenters. The number of piperidine rings is 1. The minimum atomic E-state index is 0.537. The Hall–Kier alpha value is -2.75. The number of thiazole rings is 2. The summed E-state index contributed by atoms with van der Waals surface area (Å²) in [5, 5.41) is 10.3. The van der Waals surface area contributed by atoms with Gasteiger partial charge in [-0.1, -0.05) is 28.7 Å². The number of rotatable bonds is 4. The fourth-order valence-electron chi connectivity index (χ4n) is 4.65. The van der Waals surface area contributed by atoms with Crippen molar-refractivity contribution in [2.24, 2.45) is 0 Å². The van der Waals surface area contributed by atoms with Crippen LogP contribution in [0.25, 0.3) is 42.3 Å². The van der Waals surface area contributed by atoms with Crippen molar-refractivity contribution in [2.75, 3.05) is 25.5 Å². The molecule has 4 aromatic heterocycles. The lowest BCUT2D eigenvalue weighted by atomic mass is 9.98. The van der Waals surface area contributed by atoms with Crippen LogP contribution in [-0.2, 0) is 0 Å². The lowest BCUT2D eigenvalue weighted by molar-refractivity contribution is 0.181. The number of nitrogens with one attached hydrogen (secondary N) is 2. The number of benzene rings is 1. The summed E-state index contributed by atoms with van der Waals surface area (Å²) in [7, 11) is 4.40. The van der Waals surface area contributed by atoms with Gasteiger partial charge in [0.25, 0.3) is 0 Å². The van der Waals surface area contributed by atoms with Crippen molar-refractivity contribution in [1.29, 1.82) is 0 Å². The maximum atomic E-state index is 4.98. The van der Waals surface area contributed by atoms with Gasteiger partial charge in [0.2, 0.25) is 0 Å². The predicted octanol–water partition coefficient (Wildman–Crippen LogP) is 5.21. The average molecular weight is 464 g/mol. The van der Waals surface area contributed by atoms with E-state index in [9.17, 15) is 0 Å². The molecule has 6 rings (SSSR count). The van der Waals surface area contributed by atoms with Gasteiger partial charge in [0.05, 0.1) is 11.7 Å². The van der Waals surface area contributed by atoms with Crippen LogP contribution in [-0.4, -0.2) is 62.8 Å². The second kappa shape index (κ2) is 7.68. The molecule has 32 heavy (non-hydrogen) atoms. The molecule has 9 heteroatoms. The van der Waals surface area contributed by atoms with Gasteiger partial charge >= 0.3 is 0 Å². The van der Waals surface area contributed by atoms with Gasteiger partial charge in [0.15, 0.2) is 14.8 Å². The van der Waals surface area contributed by atoms with E-state index in [2.05, 4.69) is 64.2 Å². The highest BCUT2D eigenvalue weighted by Crippen LogP contribution is 2.40. The van der Waals surface area contributed by atoms with E-state index >= 15 is 0 Å². The number of H-pyrrole nitrogens is 2. The second-order valence-corrected chi connectivity index (χ2v) is 10.6. The van der Waals surface area contributed by atoms with Crippen molar-refractivity contribution < 1.29 is 0 Å². The Morgan fingerprint density at radius 1 is 1.12 bits per heavy atom. The zero-order valence-corrected chi connectivity index (χ0v) is 19.9. The van der Waals surface area contributed by atoms with Gasteiger partial charge in [-0.05, 0) is 44.5 Å². The Labute approximate surface area is 194 Å². The topological polar surface area (TPSA) is 76.7 Å². The van der Waals surface area contributed by atoms with E-state index in [-0.39, 0.29) is 0 Å². The Bertz CT molecular complexity index is 1350. The quantitative estimate of drug-likeness (QED) is 0.383. The molecule has 0 bridgehead atoms. The smallest absolute Gasteiger partial charge is 0.188 e. The first-order chi connectivity index (χ1) is 15.6. The summed E-state index contributed by atoms with van der Waals surface area (Å²) in [6.07, 6.45) is 8.12. The lowest BCUT2D eigenvalue weighted by Crippen LogP contribution is -2.46. The van der Waals surface area contributed by atoms with Gasteiger partial charge < -0.3 is 14.8 Å². The highest BCUT2D eigenvalue weighted by Gasteiger charge is 2.27. The molecule has 0 spiro atoms. The molecule has 2 N–H and O–H groups in total. The van der Waals surface area contributed by atoms with Crippen LogP contribution in [0.4, 0.5) is 5.13 Å². The monoisotopic (exact) mass is 463 g/mol. The van der Waals surface area contributed by atoms with Crippen LogP contribution in [0.1, 0.15) is 19.8 Å². The van der Waals surface area contributed by atoms with Crippen molar-refractivity contribution in [2.45, 2.75) is 31.8 Å². The second-order valence-electron chi connectivity index (χ2n) is 8.66. The first-order valence-corrected chi connectivity index (χ1v) is 12.5. The van der Waals surface area contributed by atoms with Crippen LogP contribution >= 0.6 is 22.7 Å². The number of hydrogen-bond donors (Lipinski definition) is 2. The van der Waals surface area contributed by atoms with E-state index in [4.69, 9.17) is 9.97 Å². The number of hydrogen-bond acceptors (Lipinski definition) is 7. The average Bonchev–Trinajstić information content (AvgIpc) is 3.57. The number of anilines is 1. The molecule has 1 aliphatic rings. The third kappa shape index (κ3) is 3.23. The summed E-state index contributed by atoms with van der Waals surface area (Å²) in [4.78, 5) is 20.2. The summed E-state index contributed by atoms with van der Waals surface area (Å²) in [6, 6.07) is 7.56. The molecule has 0 saturated carbocycles. The molecule has 1 aliphatic heterocycles. The van der Waals surface area contributed by atoms with Gasteiger partial charge in [-0.25, -0.2) is 9.97 Å². The molecular formula is C23H25N7S2. The summed E-state index contributed by atoms with van der Waals surface area (Å²) < 4.78 is 0. The predicted molar refractivity (Wildman–Crippen MR) is 134 cm³/mol. The molecular weight excluding hydrogens is 438 g/mol. The number of fused-ring (bicyclic) bond motifs is 2. The summed E-state index contributed by atoms with van der Waals surface area (Å²) in [5.41, 5.74) is 4.46. The molecule has 5 heterocycles. The van der Waals surface area contributed by atoms with Crippen LogP contribution in [0.15, 0.2) is 36.8 Å². The van der Waals surface area contributed by atoms with E-state index in [1.54, 1.807) is 22.7 Å². The van der Waals surface area contributed by atoms with Crippen molar-refractivity contribution in [3.63, 3.8) is 0 Å². The number of aromatic nitrogens is 5. The summed E-state index contributed by atoms with van der Waals surface area (Å²) in [5.74, 6) is 0. The molecule has 1 fully saturated rings. The Morgan fingerprint density at radius 2 is 1.97 bits per heavy atom. The fourth-order valence-corrected chi connectivity index (χ4v) is 6.76. The number of nitrogens with zero attached hydrogens (tertiary/aromatic N) is 5. The van der Waals surface area contributed by atoms with E-state index in [0.29, 0.717) is 12.1 Å². The molecule has 5 aromatic rings. The molecule has 0 aliphatic carbocycles. The first-order valence-electron chi connectivity index (χ1n) is 10.9. The zero-order valence-electron chi connectivity index (χ0n) is 18.3. The van der Waals surface area contributed by atoms with Crippen LogP contribution in [0.2, 0.25) is 0 Å². The number of aromatic amines is 2. The highest BCUT2D eigenvalue weighted by molar-refractivity contribution is 7.29. The molecule has 0 radical (unpaired) electrons. The molecule has 2 unspecified atom stereocenters. The molecule has 7 nitrogen and oxygen atoms in total. The van der Waals surface area contributed by atoms with Gasteiger partial charge in [-0.3, -0.25) is 5.10 Å². The third-order valence-electron chi connectivity index (χ3n) is 6.76. The molecule has 164 valence electrons. The third-order valence-corrected chi connectivity index (χ3v) is 8.91. The van der Waals surface area contributed by atoms with Crippen molar-refractivity contribution in [3.05, 3.63) is 36.8 Å². The molecule has 0 amide bonds. The summed E-state index contributed by atoms with van der Waals surface area (Å²) in [6.45, 7) is 3.45. The Morgan fingerprint density at radius 3 is 2.75 bits per heavy atom. The van der Waals surface area contributed by atoms with E-state index in [1.165, 1.54) is 18.2 Å². The van der Waals surface area contributed by atoms with E-state index in [1.807, 2.05) is 18.6 Å². The van der Waals surface area contributed by atoms with Gasteiger partial charge in [-0.15, -0.1) is 0 Å². The lowest BCUT2D eigenvalue weighted by Gasteiger charge is -2.39. The highest BCUT2D eigenvalue weighted by atomic mass is 32.1. The summed E-state index contributed by atoms with van der Waals surface area (Å²) >= 11 is 3.38. The molecule has 1 saturated heterocycles. The minimum Gasteiger partial charge on any atom is -0.361 e. The van der Waals surface area contributed by atoms with Crippen molar-refractivity contribution >= 4 is 48.4 Å². The van der Waals surface area contributed by atoms with Crippen LogP contribution in [0.3, 0.4) is 0 Å². The fraction of sp³-hybridized carbons (Fsp3) is 0.348. The normalized spacial score (nSPS) is 19.8. The largest absolute Gasteiger partial charge is 0.361 e. The Kier molecular flexibility index (Phi) is 4.78. The zero-order chi connectivity index (χ0) is 21.8. The SMILES string of the molecule is CC1CC(N(C)c2nc3sc(-c4ccc(-c5cn[nH]c5)c5cc[nH]c45)nc3s2)CCN1C.